The van der Waals surface area contributed by atoms with Crippen molar-refractivity contribution in [2.24, 2.45) is 23.7 Å². The fourth-order valence-electron chi connectivity index (χ4n) is 6.63. The molecular formula is C30H35ClF3N5O. The maximum absolute atomic E-state index is 13.7. The predicted molar refractivity (Wildman–Crippen MR) is 149 cm³/mol. The zero-order valence-corrected chi connectivity index (χ0v) is 23.7. The molecule has 0 bridgehead atoms. The molecule has 1 amide bonds. The molecule has 5 atom stereocenters. The van der Waals surface area contributed by atoms with Gasteiger partial charge in [0.1, 0.15) is 11.4 Å². The molecule has 6 nitrogen and oxygen atoms in total. The lowest BCUT2D eigenvalue weighted by Crippen LogP contribution is -2.47. The van der Waals surface area contributed by atoms with E-state index in [1.54, 1.807) is 16.8 Å². The molecule has 2 heterocycles. The predicted octanol–water partition coefficient (Wildman–Crippen LogP) is 7.28. The van der Waals surface area contributed by atoms with E-state index in [2.05, 4.69) is 34.6 Å². The number of anilines is 1. The third-order valence-electron chi connectivity index (χ3n) is 9.02. The number of nitrogens with zero attached hydrogens (tertiary/aromatic N) is 3. The van der Waals surface area contributed by atoms with E-state index >= 15 is 0 Å². The van der Waals surface area contributed by atoms with E-state index in [0.717, 1.165) is 37.4 Å². The number of nitrogens with one attached hydrogen (secondary N) is 2. The van der Waals surface area contributed by atoms with Crippen LogP contribution < -0.4 is 10.6 Å². The molecule has 0 radical (unpaired) electrons. The van der Waals surface area contributed by atoms with Gasteiger partial charge in [0.2, 0.25) is 0 Å². The summed E-state index contributed by atoms with van der Waals surface area (Å²) in [5.41, 5.74) is 1.23. The van der Waals surface area contributed by atoms with Crippen molar-refractivity contribution in [2.45, 2.75) is 83.6 Å². The average Bonchev–Trinajstić information content (AvgIpc) is 3.78. The summed E-state index contributed by atoms with van der Waals surface area (Å²) in [6.07, 6.45) is 0.233. The smallest absolute Gasteiger partial charge is 0.382 e. The van der Waals surface area contributed by atoms with Crippen LogP contribution in [0.5, 0.6) is 0 Å². The second kappa shape index (κ2) is 10.2. The van der Waals surface area contributed by atoms with Crippen LogP contribution in [0.3, 0.4) is 0 Å². The van der Waals surface area contributed by atoms with Crippen LogP contribution >= 0.6 is 11.6 Å². The lowest BCUT2D eigenvalue weighted by Gasteiger charge is -2.37. The van der Waals surface area contributed by atoms with Crippen molar-refractivity contribution >= 4 is 34.1 Å². The number of fused-ring (bicyclic) bond motifs is 2. The molecule has 4 unspecified atom stereocenters. The SMILES string of the molecule is CCn1nc(C(C)C)cc1C(=O)NC(C1CCC[C@H](Nc2cc(C(F)(F)F)nc3ccc(Cl)cc23)C1)C1C2CC21. The summed E-state index contributed by atoms with van der Waals surface area (Å²) < 4.78 is 42.7. The van der Waals surface area contributed by atoms with Crippen LogP contribution in [-0.2, 0) is 12.7 Å². The molecule has 3 aromatic rings. The third kappa shape index (κ3) is 5.29. The number of amides is 1. The molecule has 3 saturated carbocycles. The third-order valence-corrected chi connectivity index (χ3v) is 9.25. The first-order valence-corrected chi connectivity index (χ1v) is 14.7. The highest BCUT2D eigenvalue weighted by atomic mass is 35.5. The highest BCUT2D eigenvalue weighted by Gasteiger charge is 2.67. The summed E-state index contributed by atoms with van der Waals surface area (Å²) in [7, 11) is 0. The van der Waals surface area contributed by atoms with Crippen LogP contribution in [0.1, 0.15) is 80.7 Å². The van der Waals surface area contributed by atoms with E-state index in [4.69, 9.17) is 11.6 Å². The minimum absolute atomic E-state index is 0.0207. The number of carbonyl (C=O) groups is 1. The Morgan fingerprint density at radius 3 is 2.58 bits per heavy atom. The molecular weight excluding hydrogens is 539 g/mol. The average molecular weight is 574 g/mol. The molecule has 0 aliphatic heterocycles. The molecule has 214 valence electrons. The highest BCUT2D eigenvalue weighted by molar-refractivity contribution is 6.31. The number of carbonyl (C=O) groups excluding carboxylic acids is 1. The van der Waals surface area contributed by atoms with E-state index in [1.807, 2.05) is 13.0 Å². The van der Waals surface area contributed by atoms with Gasteiger partial charge in [-0.25, -0.2) is 4.98 Å². The Morgan fingerprint density at radius 2 is 1.93 bits per heavy atom. The highest BCUT2D eigenvalue weighted by Crippen LogP contribution is 2.70. The van der Waals surface area contributed by atoms with Gasteiger partial charge in [-0.1, -0.05) is 31.9 Å². The first kappa shape index (κ1) is 27.4. The summed E-state index contributed by atoms with van der Waals surface area (Å²) >= 11 is 6.20. The maximum atomic E-state index is 13.7. The Kier molecular flexibility index (Phi) is 7.00. The van der Waals surface area contributed by atoms with Crippen LogP contribution in [0.25, 0.3) is 10.9 Å². The second-order valence-electron chi connectivity index (χ2n) is 12.0. The van der Waals surface area contributed by atoms with Gasteiger partial charge in [0, 0.05) is 34.7 Å². The van der Waals surface area contributed by atoms with Gasteiger partial charge in [-0.2, -0.15) is 18.3 Å². The van der Waals surface area contributed by atoms with Gasteiger partial charge in [0.05, 0.1) is 11.2 Å². The number of aromatic nitrogens is 3. The number of alkyl halides is 3. The van der Waals surface area contributed by atoms with Crippen molar-refractivity contribution < 1.29 is 18.0 Å². The van der Waals surface area contributed by atoms with Crippen molar-refractivity contribution in [1.82, 2.24) is 20.1 Å². The second-order valence-corrected chi connectivity index (χ2v) is 12.5. The summed E-state index contributed by atoms with van der Waals surface area (Å²) in [4.78, 5) is 17.4. The Labute approximate surface area is 237 Å². The van der Waals surface area contributed by atoms with E-state index < -0.39 is 11.9 Å². The topological polar surface area (TPSA) is 71.8 Å². The molecule has 3 aliphatic carbocycles. The van der Waals surface area contributed by atoms with E-state index in [-0.39, 0.29) is 35.3 Å². The van der Waals surface area contributed by atoms with E-state index in [0.29, 0.717) is 46.1 Å². The van der Waals surface area contributed by atoms with E-state index in [1.165, 1.54) is 12.5 Å². The lowest BCUT2D eigenvalue weighted by atomic mass is 9.77. The number of rotatable bonds is 8. The van der Waals surface area contributed by atoms with Crippen LogP contribution in [0.15, 0.2) is 30.3 Å². The van der Waals surface area contributed by atoms with E-state index in [9.17, 15) is 18.0 Å². The number of hydrogen-bond donors (Lipinski definition) is 2. The number of hydrogen-bond acceptors (Lipinski definition) is 4. The largest absolute Gasteiger partial charge is 0.433 e. The zero-order valence-electron chi connectivity index (χ0n) is 22.9. The van der Waals surface area contributed by atoms with Gasteiger partial charge in [0.25, 0.3) is 5.91 Å². The van der Waals surface area contributed by atoms with Crippen molar-refractivity contribution in [1.29, 1.82) is 0 Å². The normalized spacial score (nSPS) is 26.4. The molecule has 3 aliphatic rings. The van der Waals surface area contributed by atoms with Gasteiger partial charge in [-0.3, -0.25) is 9.48 Å². The lowest BCUT2D eigenvalue weighted by molar-refractivity contribution is -0.140. The number of halogens is 4. The molecule has 0 spiro atoms. The first-order valence-electron chi connectivity index (χ1n) is 14.4. The number of aryl methyl sites for hydroxylation is 1. The minimum atomic E-state index is -4.55. The van der Waals surface area contributed by atoms with Crippen molar-refractivity contribution in [3.63, 3.8) is 0 Å². The van der Waals surface area contributed by atoms with Gasteiger partial charge >= 0.3 is 6.18 Å². The summed E-state index contributed by atoms with van der Waals surface area (Å²) in [6, 6.07) is 7.77. The number of pyridine rings is 1. The first-order chi connectivity index (χ1) is 19.0. The van der Waals surface area contributed by atoms with Crippen LogP contribution in [-0.4, -0.2) is 32.8 Å². The monoisotopic (exact) mass is 573 g/mol. The Bertz CT molecular complexity index is 1430. The molecule has 2 N–H and O–H groups in total. The van der Waals surface area contributed by atoms with Gasteiger partial charge < -0.3 is 10.6 Å². The summed E-state index contributed by atoms with van der Waals surface area (Å²) in [5, 5.41) is 12.5. The molecule has 40 heavy (non-hydrogen) atoms. The fraction of sp³-hybridized carbons (Fsp3) is 0.567. The van der Waals surface area contributed by atoms with Crippen LogP contribution in [0.4, 0.5) is 18.9 Å². The van der Waals surface area contributed by atoms with Crippen LogP contribution in [0, 0.1) is 23.7 Å². The maximum Gasteiger partial charge on any atom is 0.433 e. The number of benzene rings is 1. The van der Waals surface area contributed by atoms with Crippen molar-refractivity contribution in [2.75, 3.05) is 5.32 Å². The Hall–Kier alpha value is -2.81. The minimum Gasteiger partial charge on any atom is -0.382 e. The molecule has 2 aromatic heterocycles. The fourth-order valence-corrected chi connectivity index (χ4v) is 6.80. The van der Waals surface area contributed by atoms with Gasteiger partial charge in [-0.15, -0.1) is 0 Å². The molecule has 3 fully saturated rings. The zero-order chi connectivity index (χ0) is 28.3. The quantitative estimate of drug-likeness (QED) is 0.297. The summed E-state index contributed by atoms with van der Waals surface area (Å²) in [5.74, 6) is 2.27. The van der Waals surface area contributed by atoms with Gasteiger partial charge in [-0.05, 0) is 92.5 Å². The summed E-state index contributed by atoms with van der Waals surface area (Å²) in [6.45, 7) is 6.74. The Balaban J connectivity index is 1.23. The van der Waals surface area contributed by atoms with Crippen molar-refractivity contribution in [3.8, 4) is 0 Å². The standard InChI is InChI=1S/C30H35ClF3N5O/c1-4-39-25(13-23(38-39)15(2)3)29(40)37-28(27-19-12-20(19)27)16-6-5-7-18(10-16)35-24-14-26(30(32,33)34)36-22-9-8-17(31)11-21(22)24/h8-9,11,13-16,18-20,27-28H,4-7,10,12H2,1-3H3,(H,35,36)(H,37,40)/t16?,18-,19?,20?,27?,28?/m0/s1. The molecule has 0 saturated heterocycles. The van der Waals surface area contributed by atoms with Crippen molar-refractivity contribution in [3.05, 3.63) is 52.4 Å². The Morgan fingerprint density at radius 1 is 1.15 bits per heavy atom. The molecule has 1 aromatic carbocycles. The van der Waals surface area contributed by atoms with Crippen LogP contribution in [0.2, 0.25) is 5.02 Å². The van der Waals surface area contributed by atoms with Gasteiger partial charge in [0.15, 0.2) is 0 Å². The molecule has 10 heteroatoms. The molecule has 6 rings (SSSR count).